The largest absolute Gasteiger partial charge is 0.465 e. The zero-order valence-corrected chi connectivity index (χ0v) is 8.50. The molecule has 1 aromatic rings. The fourth-order valence-corrected chi connectivity index (χ4v) is 1.02. The second-order valence-corrected chi connectivity index (χ2v) is 3.43. The van der Waals surface area contributed by atoms with Crippen LogP contribution in [0.1, 0.15) is 25.2 Å². The molecule has 1 aromatic heterocycles. The Morgan fingerprint density at radius 3 is 2.85 bits per heavy atom. The lowest BCUT2D eigenvalue weighted by Crippen LogP contribution is -2.22. The van der Waals surface area contributed by atoms with Crippen molar-refractivity contribution < 1.29 is 4.42 Å². The first kappa shape index (κ1) is 10.1. The average molecular weight is 179 g/mol. The Bertz CT molecular complexity index is 273. The van der Waals surface area contributed by atoms with Crippen LogP contribution in [0, 0.1) is 6.92 Å². The van der Waals surface area contributed by atoms with Crippen LogP contribution in [0.4, 0.5) is 0 Å². The Morgan fingerprint density at radius 1 is 1.54 bits per heavy atom. The lowest BCUT2D eigenvalue weighted by molar-refractivity contribution is 0.554. The molecule has 72 valence electrons. The molecule has 0 saturated heterocycles. The van der Waals surface area contributed by atoms with Gasteiger partial charge in [0.05, 0.1) is 6.26 Å². The lowest BCUT2D eigenvalue weighted by Gasteiger charge is -2.02. The molecule has 0 atom stereocenters. The summed E-state index contributed by atoms with van der Waals surface area (Å²) in [6, 6.07) is 2.50. The Hall–Kier alpha value is -1.02. The highest BCUT2D eigenvalue weighted by Crippen LogP contribution is 2.09. The monoisotopic (exact) mass is 179 g/mol. The minimum atomic E-state index is 0.530. The molecule has 0 amide bonds. The highest BCUT2D eigenvalue weighted by molar-refractivity contribution is 5.46. The average Bonchev–Trinajstić information content (AvgIpc) is 2.45. The van der Waals surface area contributed by atoms with Crippen LogP contribution in [0.2, 0.25) is 0 Å². The Morgan fingerprint density at radius 2 is 2.31 bits per heavy atom. The first-order valence-electron chi connectivity index (χ1n) is 4.64. The molecule has 1 N–H and O–H groups in total. The third kappa shape index (κ3) is 3.47. The first-order chi connectivity index (χ1) is 6.20. The molecule has 2 nitrogen and oxygen atoms in total. The minimum Gasteiger partial charge on any atom is -0.465 e. The molecule has 0 bridgehead atoms. The van der Waals surface area contributed by atoms with E-state index in [1.807, 2.05) is 19.1 Å². The van der Waals surface area contributed by atoms with Gasteiger partial charge in [-0.2, -0.15) is 0 Å². The number of hydrogen-bond acceptors (Lipinski definition) is 2. The van der Waals surface area contributed by atoms with Crippen LogP contribution in [0.3, 0.4) is 0 Å². The molecule has 0 aliphatic carbocycles. The molecule has 0 aromatic carbocycles. The van der Waals surface area contributed by atoms with Gasteiger partial charge in [0.1, 0.15) is 5.76 Å². The number of furan rings is 1. The second-order valence-electron chi connectivity index (χ2n) is 3.43. The summed E-state index contributed by atoms with van der Waals surface area (Å²) in [5, 5.41) is 3.30. The third-order valence-electron chi connectivity index (χ3n) is 1.81. The topological polar surface area (TPSA) is 25.2 Å². The van der Waals surface area contributed by atoms with E-state index in [1.165, 1.54) is 5.56 Å². The maximum Gasteiger partial charge on any atom is 0.129 e. The van der Waals surface area contributed by atoms with Crippen LogP contribution < -0.4 is 5.32 Å². The van der Waals surface area contributed by atoms with Crippen molar-refractivity contribution >= 4 is 6.08 Å². The summed E-state index contributed by atoms with van der Waals surface area (Å²) >= 11 is 0. The summed E-state index contributed by atoms with van der Waals surface area (Å²) in [6.45, 7) is 7.19. The van der Waals surface area contributed by atoms with Crippen molar-refractivity contribution in [2.24, 2.45) is 0 Å². The van der Waals surface area contributed by atoms with Gasteiger partial charge < -0.3 is 9.73 Å². The predicted octanol–water partition coefficient (Wildman–Crippen LogP) is 2.60. The highest BCUT2D eigenvalue weighted by atomic mass is 16.3. The Labute approximate surface area is 79.6 Å². The molecule has 0 spiro atoms. The predicted molar refractivity (Wildman–Crippen MR) is 55.6 cm³/mol. The van der Waals surface area contributed by atoms with Crippen LogP contribution in [0.15, 0.2) is 22.8 Å². The van der Waals surface area contributed by atoms with Gasteiger partial charge in [0.25, 0.3) is 0 Å². The van der Waals surface area contributed by atoms with E-state index in [0.717, 1.165) is 12.3 Å². The maximum absolute atomic E-state index is 5.26. The van der Waals surface area contributed by atoms with Gasteiger partial charge in [-0.05, 0) is 24.6 Å². The zero-order valence-electron chi connectivity index (χ0n) is 8.50. The van der Waals surface area contributed by atoms with Crippen LogP contribution in [-0.4, -0.2) is 12.6 Å². The smallest absolute Gasteiger partial charge is 0.129 e. The maximum atomic E-state index is 5.26. The molecule has 0 radical (unpaired) electrons. The van der Waals surface area contributed by atoms with E-state index in [9.17, 15) is 0 Å². The van der Waals surface area contributed by atoms with Gasteiger partial charge in [-0.15, -0.1) is 0 Å². The molecule has 0 aliphatic heterocycles. The molecule has 0 unspecified atom stereocenters. The molecule has 0 aliphatic rings. The molecule has 13 heavy (non-hydrogen) atoms. The number of rotatable bonds is 4. The van der Waals surface area contributed by atoms with Gasteiger partial charge in [0, 0.05) is 12.6 Å². The normalized spacial score (nSPS) is 11.7. The van der Waals surface area contributed by atoms with Crippen molar-refractivity contribution in [3.8, 4) is 0 Å². The number of hydrogen-bond donors (Lipinski definition) is 1. The first-order valence-corrected chi connectivity index (χ1v) is 4.64. The standard InChI is InChI=1S/C11H17NO/c1-9(2)12-7-4-5-11-10(3)6-8-13-11/h4-6,8-9,12H,7H2,1-3H3/b5-4+. The van der Waals surface area contributed by atoms with E-state index in [4.69, 9.17) is 4.42 Å². The van der Waals surface area contributed by atoms with Crippen molar-refractivity contribution in [2.45, 2.75) is 26.8 Å². The minimum absolute atomic E-state index is 0.530. The van der Waals surface area contributed by atoms with E-state index in [0.29, 0.717) is 6.04 Å². The van der Waals surface area contributed by atoms with Gasteiger partial charge in [-0.25, -0.2) is 0 Å². The van der Waals surface area contributed by atoms with Crippen molar-refractivity contribution in [2.75, 3.05) is 6.54 Å². The molecule has 0 saturated carbocycles. The quantitative estimate of drug-likeness (QED) is 0.768. The summed E-state index contributed by atoms with van der Waals surface area (Å²) in [5.41, 5.74) is 1.18. The Balaban J connectivity index is 2.37. The molecule has 1 rings (SSSR count). The molecular formula is C11H17NO. The fraction of sp³-hybridized carbons (Fsp3) is 0.455. The molecule has 0 fully saturated rings. The van der Waals surface area contributed by atoms with Gasteiger partial charge in [-0.1, -0.05) is 19.9 Å². The van der Waals surface area contributed by atoms with E-state index in [1.54, 1.807) is 6.26 Å². The molecule has 1 heterocycles. The van der Waals surface area contributed by atoms with E-state index in [-0.39, 0.29) is 0 Å². The summed E-state index contributed by atoms with van der Waals surface area (Å²) < 4.78 is 5.26. The number of nitrogens with one attached hydrogen (secondary N) is 1. The van der Waals surface area contributed by atoms with Crippen LogP contribution >= 0.6 is 0 Å². The third-order valence-corrected chi connectivity index (χ3v) is 1.81. The van der Waals surface area contributed by atoms with Crippen molar-refractivity contribution in [1.82, 2.24) is 5.32 Å². The molecular weight excluding hydrogens is 162 g/mol. The van der Waals surface area contributed by atoms with E-state index >= 15 is 0 Å². The summed E-state index contributed by atoms with van der Waals surface area (Å²) in [5.74, 6) is 0.950. The van der Waals surface area contributed by atoms with Crippen LogP contribution in [-0.2, 0) is 0 Å². The van der Waals surface area contributed by atoms with Gasteiger partial charge >= 0.3 is 0 Å². The fourth-order valence-electron chi connectivity index (χ4n) is 1.02. The number of aryl methyl sites for hydroxylation is 1. The van der Waals surface area contributed by atoms with E-state index in [2.05, 4.69) is 25.2 Å². The Kier molecular flexibility index (Phi) is 3.77. The van der Waals surface area contributed by atoms with Crippen LogP contribution in [0.5, 0.6) is 0 Å². The zero-order chi connectivity index (χ0) is 9.68. The van der Waals surface area contributed by atoms with Crippen molar-refractivity contribution in [3.05, 3.63) is 29.7 Å². The summed E-state index contributed by atoms with van der Waals surface area (Å²) in [7, 11) is 0. The van der Waals surface area contributed by atoms with E-state index < -0.39 is 0 Å². The molecule has 2 heteroatoms. The van der Waals surface area contributed by atoms with Crippen molar-refractivity contribution in [3.63, 3.8) is 0 Å². The summed E-state index contributed by atoms with van der Waals surface area (Å²) in [4.78, 5) is 0. The van der Waals surface area contributed by atoms with Gasteiger partial charge in [-0.3, -0.25) is 0 Å². The van der Waals surface area contributed by atoms with Gasteiger partial charge in [0.2, 0.25) is 0 Å². The SMILES string of the molecule is Cc1ccoc1/C=C/CNC(C)C. The highest BCUT2D eigenvalue weighted by Gasteiger charge is 1.94. The van der Waals surface area contributed by atoms with Crippen LogP contribution in [0.25, 0.3) is 6.08 Å². The van der Waals surface area contributed by atoms with Crippen molar-refractivity contribution in [1.29, 1.82) is 0 Å². The van der Waals surface area contributed by atoms with Gasteiger partial charge in [0.15, 0.2) is 0 Å². The second kappa shape index (κ2) is 4.87. The lowest BCUT2D eigenvalue weighted by atomic mass is 10.2. The summed E-state index contributed by atoms with van der Waals surface area (Å²) in [6.07, 6.45) is 5.79.